The quantitative estimate of drug-likeness (QED) is 0.448. The lowest BCUT2D eigenvalue weighted by Gasteiger charge is -2.24. The zero-order chi connectivity index (χ0) is 17.5. The monoisotopic (exact) mass is 345 g/mol. The summed E-state index contributed by atoms with van der Waals surface area (Å²) in [7, 11) is 0. The van der Waals surface area contributed by atoms with E-state index < -0.39 is 0 Å². The predicted octanol–water partition coefficient (Wildman–Crippen LogP) is 2.59. The van der Waals surface area contributed by atoms with Crippen LogP contribution in [0.25, 0.3) is 27.6 Å². The van der Waals surface area contributed by atoms with Crippen molar-refractivity contribution in [2.75, 3.05) is 26.3 Å². The second-order valence-corrected chi connectivity index (χ2v) is 6.45. The van der Waals surface area contributed by atoms with E-state index in [1.54, 1.807) is 0 Å². The molecule has 0 amide bonds. The third kappa shape index (κ3) is 2.46. The van der Waals surface area contributed by atoms with Crippen molar-refractivity contribution in [3.05, 3.63) is 60.2 Å². The number of pyridine rings is 1. The minimum atomic E-state index is 0.518. The van der Waals surface area contributed by atoms with Crippen LogP contribution in [-0.2, 0) is 4.74 Å². The van der Waals surface area contributed by atoms with Crippen LogP contribution in [0, 0.1) is 0 Å². The van der Waals surface area contributed by atoms with E-state index in [0.29, 0.717) is 19.0 Å². The van der Waals surface area contributed by atoms with E-state index in [4.69, 9.17) is 15.5 Å². The molecular formula is C20H19N5O. The number of rotatable bonds is 2. The molecule has 2 aromatic heterocycles. The Bertz CT molecular complexity index is 1140. The first kappa shape index (κ1) is 15.2. The van der Waals surface area contributed by atoms with Gasteiger partial charge in [0.15, 0.2) is 5.84 Å². The highest BCUT2D eigenvalue weighted by Gasteiger charge is 2.12. The lowest BCUT2D eigenvalue weighted by atomic mass is 10.1. The highest BCUT2D eigenvalue weighted by molar-refractivity contribution is 6.01. The van der Waals surface area contributed by atoms with Crippen LogP contribution in [-0.4, -0.2) is 46.5 Å². The Kier molecular flexibility index (Phi) is 3.50. The van der Waals surface area contributed by atoms with E-state index in [2.05, 4.69) is 33.8 Å². The van der Waals surface area contributed by atoms with Gasteiger partial charge in [-0.2, -0.15) is 5.10 Å². The molecule has 26 heavy (non-hydrogen) atoms. The van der Waals surface area contributed by atoms with Crippen LogP contribution in [0.5, 0.6) is 0 Å². The summed E-state index contributed by atoms with van der Waals surface area (Å²) in [6.45, 7) is 2.91. The first-order valence-electron chi connectivity index (χ1n) is 8.77. The van der Waals surface area contributed by atoms with Crippen molar-refractivity contribution < 1.29 is 4.74 Å². The Labute approximate surface area is 150 Å². The number of fused-ring (bicyclic) bond motifs is 5. The van der Waals surface area contributed by atoms with Crippen molar-refractivity contribution in [3.63, 3.8) is 0 Å². The van der Waals surface area contributed by atoms with Crippen LogP contribution in [0.2, 0.25) is 0 Å². The number of hydrogen-bond acceptors (Lipinski definition) is 4. The van der Waals surface area contributed by atoms with Crippen molar-refractivity contribution >= 4 is 33.4 Å². The van der Waals surface area contributed by atoms with Crippen molar-refractivity contribution in [2.24, 2.45) is 10.8 Å². The van der Waals surface area contributed by atoms with Gasteiger partial charge in [-0.3, -0.25) is 9.41 Å². The smallest absolute Gasteiger partial charge is 0.150 e. The third-order valence-corrected chi connectivity index (χ3v) is 4.80. The number of morpholine rings is 1. The first-order chi connectivity index (χ1) is 12.8. The number of imidazole rings is 1. The minimum absolute atomic E-state index is 0.518. The molecule has 1 fully saturated rings. The largest absolute Gasteiger partial charge is 0.382 e. The van der Waals surface area contributed by atoms with E-state index in [1.165, 1.54) is 5.39 Å². The highest BCUT2D eigenvalue weighted by Crippen LogP contribution is 2.24. The van der Waals surface area contributed by atoms with Gasteiger partial charge in [0.25, 0.3) is 0 Å². The summed E-state index contributed by atoms with van der Waals surface area (Å²) in [5, 5.41) is 7.70. The zero-order valence-electron chi connectivity index (χ0n) is 14.3. The molecule has 1 aliphatic heterocycles. The van der Waals surface area contributed by atoms with Gasteiger partial charge in [-0.1, -0.05) is 18.2 Å². The fraction of sp³-hybridized carbons (Fsp3) is 0.200. The molecule has 3 heterocycles. The number of hydrogen-bond donors (Lipinski definition) is 1. The van der Waals surface area contributed by atoms with Crippen LogP contribution < -0.4 is 5.73 Å². The molecule has 0 unspecified atom stereocenters. The maximum Gasteiger partial charge on any atom is 0.150 e. The predicted molar refractivity (Wildman–Crippen MR) is 103 cm³/mol. The molecule has 6 heteroatoms. The molecule has 0 spiro atoms. The number of amidine groups is 1. The average molecular weight is 345 g/mol. The van der Waals surface area contributed by atoms with Crippen LogP contribution >= 0.6 is 0 Å². The maximum atomic E-state index is 6.28. The zero-order valence-corrected chi connectivity index (χ0v) is 14.3. The first-order valence-corrected chi connectivity index (χ1v) is 8.77. The number of para-hydroxylation sites is 1. The van der Waals surface area contributed by atoms with E-state index in [0.717, 1.165) is 40.9 Å². The summed E-state index contributed by atoms with van der Waals surface area (Å²) in [5.74, 6) is 0.518. The van der Waals surface area contributed by atoms with Gasteiger partial charge in [-0.05, 0) is 41.8 Å². The Morgan fingerprint density at radius 3 is 2.73 bits per heavy atom. The van der Waals surface area contributed by atoms with Crippen molar-refractivity contribution in [2.45, 2.75) is 0 Å². The van der Waals surface area contributed by atoms with E-state index in [1.807, 2.05) is 35.3 Å². The van der Waals surface area contributed by atoms with Gasteiger partial charge in [0, 0.05) is 5.56 Å². The van der Waals surface area contributed by atoms with Gasteiger partial charge < -0.3 is 10.5 Å². The molecule has 0 saturated carbocycles. The molecular weight excluding hydrogens is 326 g/mol. The van der Waals surface area contributed by atoms with Gasteiger partial charge >= 0.3 is 0 Å². The summed E-state index contributed by atoms with van der Waals surface area (Å²) in [6.07, 6.45) is 0. The number of ether oxygens (including phenoxy) is 1. The number of nitrogens with two attached hydrogens (primary N) is 1. The van der Waals surface area contributed by atoms with Crippen LogP contribution in [0.15, 0.2) is 59.7 Å². The minimum Gasteiger partial charge on any atom is -0.382 e. The summed E-state index contributed by atoms with van der Waals surface area (Å²) < 4.78 is 7.54. The summed E-state index contributed by atoms with van der Waals surface area (Å²) in [5.41, 5.74) is 11.2. The molecule has 4 aromatic rings. The van der Waals surface area contributed by atoms with Gasteiger partial charge in [0.1, 0.15) is 5.65 Å². The molecule has 2 aromatic carbocycles. The Hall–Kier alpha value is -3.12. The Balaban J connectivity index is 1.67. The lowest BCUT2D eigenvalue weighted by Crippen LogP contribution is -2.34. The van der Waals surface area contributed by atoms with Gasteiger partial charge in [-0.15, -0.1) is 0 Å². The Morgan fingerprint density at radius 2 is 1.85 bits per heavy atom. The van der Waals surface area contributed by atoms with Gasteiger partial charge in [-0.25, -0.2) is 4.98 Å². The number of benzene rings is 2. The molecule has 2 N–H and O–H groups in total. The normalized spacial score (nSPS) is 16.0. The molecule has 5 rings (SSSR count). The molecule has 130 valence electrons. The highest BCUT2D eigenvalue weighted by atomic mass is 16.5. The molecule has 0 atom stereocenters. The van der Waals surface area contributed by atoms with Gasteiger partial charge in [0.05, 0.1) is 42.9 Å². The summed E-state index contributed by atoms with van der Waals surface area (Å²) in [6, 6.07) is 18.5. The number of nitrogens with zero attached hydrogens (tertiary/aromatic N) is 4. The van der Waals surface area contributed by atoms with E-state index >= 15 is 0 Å². The second kappa shape index (κ2) is 6.00. The third-order valence-electron chi connectivity index (χ3n) is 4.80. The van der Waals surface area contributed by atoms with Crippen molar-refractivity contribution in [1.82, 2.24) is 14.4 Å². The van der Waals surface area contributed by atoms with Crippen LogP contribution in [0.3, 0.4) is 0 Å². The molecule has 0 aliphatic carbocycles. The van der Waals surface area contributed by atoms with Crippen molar-refractivity contribution in [3.8, 4) is 0 Å². The van der Waals surface area contributed by atoms with Crippen LogP contribution in [0.1, 0.15) is 5.56 Å². The Morgan fingerprint density at radius 1 is 1.00 bits per heavy atom. The fourth-order valence-electron chi connectivity index (χ4n) is 3.48. The standard InChI is InChI=1S/C20H19N5O/c21-20(23-24-9-11-26-12-10-24)15-5-7-16-18(13-15)25-17-4-2-1-3-14(17)6-8-19(25)22-16/h1-8,13H,9-12H2,(H2,21,23). The SMILES string of the molecule is N/C(=N/N1CCOCC1)c1ccc2nc3ccc4ccccc4n3c2c1. The van der Waals surface area contributed by atoms with E-state index in [-0.39, 0.29) is 0 Å². The molecule has 0 radical (unpaired) electrons. The molecule has 6 nitrogen and oxygen atoms in total. The topological polar surface area (TPSA) is 68.1 Å². The van der Waals surface area contributed by atoms with E-state index in [9.17, 15) is 0 Å². The molecule has 0 bridgehead atoms. The maximum absolute atomic E-state index is 6.28. The fourth-order valence-corrected chi connectivity index (χ4v) is 3.48. The van der Waals surface area contributed by atoms with Crippen LogP contribution in [0.4, 0.5) is 0 Å². The number of aromatic nitrogens is 2. The lowest BCUT2D eigenvalue weighted by molar-refractivity contribution is 0.0393. The number of hydrazone groups is 1. The average Bonchev–Trinajstić information content (AvgIpc) is 3.07. The molecule has 1 aliphatic rings. The molecule has 1 saturated heterocycles. The summed E-state index contributed by atoms with van der Waals surface area (Å²) in [4.78, 5) is 4.74. The van der Waals surface area contributed by atoms with Crippen molar-refractivity contribution in [1.29, 1.82) is 0 Å². The summed E-state index contributed by atoms with van der Waals surface area (Å²) >= 11 is 0. The second-order valence-electron chi connectivity index (χ2n) is 6.45. The van der Waals surface area contributed by atoms with Gasteiger partial charge in [0.2, 0.25) is 0 Å².